The minimum atomic E-state index is -1.95. The van der Waals surface area contributed by atoms with Gasteiger partial charge in [-0.25, -0.2) is 8.93 Å². The van der Waals surface area contributed by atoms with Crippen molar-refractivity contribution in [1.82, 2.24) is 10.0 Å². The van der Waals surface area contributed by atoms with Crippen molar-refractivity contribution in [3.05, 3.63) is 65.2 Å². The summed E-state index contributed by atoms with van der Waals surface area (Å²) in [6.45, 7) is 5.09. The van der Waals surface area contributed by atoms with Crippen LogP contribution >= 0.6 is 0 Å². The van der Waals surface area contributed by atoms with E-state index >= 15 is 0 Å². The smallest absolute Gasteiger partial charge is 0.231 e. The van der Waals surface area contributed by atoms with Gasteiger partial charge in [-0.3, -0.25) is 4.55 Å². The quantitative estimate of drug-likeness (QED) is 0.449. The number of hydrogen-bond donors (Lipinski definition) is 3. The Kier molecular flexibility index (Phi) is 8.08. The summed E-state index contributed by atoms with van der Waals surface area (Å²) in [4.78, 5) is 2.07. The average molecular weight is 362 g/mol. The highest BCUT2D eigenvalue weighted by atomic mass is 32.2. The van der Waals surface area contributed by atoms with Gasteiger partial charge in [0.25, 0.3) is 0 Å². The van der Waals surface area contributed by atoms with Crippen LogP contribution in [0.5, 0.6) is 0 Å². The molecule has 0 heterocycles. The first kappa shape index (κ1) is 19.6. The van der Waals surface area contributed by atoms with E-state index in [2.05, 4.69) is 64.3 Å². The molecule has 2 aromatic rings. The number of nitrogens with one attached hydrogen (secondary N) is 2. The van der Waals surface area contributed by atoms with Gasteiger partial charge in [0.1, 0.15) is 0 Å². The lowest BCUT2D eigenvalue weighted by molar-refractivity contribution is 0.549. The van der Waals surface area contributed by atoms with Gasteiger partial charge in [-0.15, -0.1) is 0 Å². The van der Waals surface area contributed by atoms with Crippen molar-refractivity contribution in [3.8, 4) is 0 Å². The molecule has 0 spiro atoms. The van der Waals surface area contributed by atoms with Crippen molar-refractivity contribution < 1.29 is 8.76 Å². The number of likely N-dealkylation sites (N-methyl/N-ethyl adjacent to an activating group) is 1. The van der Waals surface area contributed by atoms with Crippen molar-refractivity contribution in [2.45, 2.75) is 19.9 Å². The maximum Gasteiger partial charge on any atom is 0.231 e. The summed E-state index contributed by atoms with van der Waals surface area (Å²) >= 11 is -1.95. The van der Waals surface area contributed by atoms with Gasteiger partial charge in [-0.1, -0.05) is 36.4 Å². The predicted octanol–water partition coefficient (Wildman–Crippen LogP) is 2.49. The van der Waals surface area contributed by atoms with Gasteiger partial charge < -0.3 is 10.2 Å². The molecule has 0 bridgehead atoms. The van der Waals surface area contributed by atoms with Crippen molar-refractivity contribution in [2.75, 3.05) is 31.6 Å². The highest BCUT2D eigenvalue weighted by Crippen LogP contribution is 2.18. The topological polar surface area (TPSA) is 64.6 Å². The molecule has 0 fully saturated rings. The van der Waals surface area contributed by atoms with Gasteiger partial charge in [0.05, 0.1) is 0 Å². The minimum absolute atomic E-state index is 0.462. The van der Waals surface area contributed by atoms with E-state index in [-0.39, 0.29) is 0 Å². The molecular weight excluding hydrogens is 334 g/mol. The molecular formula is C19H27N3O2S. The fourth-order valence-corrected chi connectivity index (χ4v) is 2.95. The van der Waals surface area contributed by atoms with E-state index in [0.29, 0.717) is 13.1 Å². The number of anilines is 1. The Morgan fingerprint density at radius 1 is 1.12 bits per heavy atom. The summed E-state index contributed by atoms with van der Waals surface area (Å²) in [6, 6.07) is 16.9. The molecule has 0 aliphatic rings. The fraction of sp³-hybridized carbons (Fsp3) is 0.368. The highest BCUT2D eigenvalue weighted by molar-refractivity contribution is 7.77. The largest absolute Gasteiger partial charge is 0.373 e. The van der Waals surface area contributed by atoms with Gasteiger partial charge in [0, 0.05) is 32.4 Å². The van der Waals surface area contributed by atoms with E-state index in [9.17, 15) is 4.21 Å². The molecule has 136 valence electrons. The van der Waals surface area contributed by atoms with Gasteiger partial charge in [-0.05, 0) is 48.7 Å². The zero-order valence-corrected chi connectivity index (χ0v) is 15.7. The van der Waals surface area contributed by atoms with Crippen LogP contribution in [0.25, 0.3) is 0 Å². The van der Waals surface area contributed by atoms with Crippen LogP contribution in [-0.2, 0) is 24.2 Å². The van der Waals surface area contributed by atoms with Crippen LogP contribution in [0.4, 0.5) is 5.69 Å². The maximum absolute atomic E-state index is 10.6. The van der Waals surface area contributed by atoms with Crippen molar-refractivity contribution >= 4 is 17.0 Å². The molecule has 0 radical (unpaired) electrons. The molecule has 6 heteroatoms. The third kappa shape index (κ3) is 6.96. The number of hydrogen-bond acceptors (Lipinski definition) is 3. The molecule has 2 rings (SSSR count). The number of aryl methyl sites for hydroxylation is 1. The summed E-state index contributed by atoms with van der Waals surface area (Å²) in [6.07, 6.45) is 0.994. The van der Waals surface area contributed by atoms with Crippen LogP contribution in [-0.4, -0.2) is 35.4 Å². The van der Waals surface area contributed by atoms with Crippen LogP contribution in [0.15, 0.2) is 48.5 Å². The fourth-order valence-electron chi connectivity index (χ4n) is 2.68. The standard InChI is InChI=1S/C19H27N3O2S/c1-16-14-19(22(2)13-12-21-25(23)24)9-8-18(16)10-11-20-15-17-6-4-3-5-7-17/h3-9,14,20-21H,10-13,15H2,1-2H3,(H,23,24). The number of benzene rings is 2. The molecule has 1 unspecified atom stereocenters. The van der Waals surface area contributed by atoms with Gasteiger partial charge in [-0.2, -0.15) is 0 Å². The van der Waals surface area contributed by atoms with E-state index in [1.165, 1.54) is 16.7 Å². The molecule has 1 atom stereocenters. The second kappa shape index (κ2) is 10.3. The monoisotopic (exact) mass is 361 g/mol. The van der Waals surface area contributed by atoms with Crippen molar-refractivity contribution in [3.63, 3.8) is 0 Å². The molecule has 2 aromatic carbocycles. The van der Waals surface area contributed by atoms with Crippen molar-refractivity contribution in [1.29, 1.82) is 0 Å². The molecule has 0 saturated heterocycles. The van der Waals surface area contributed by atoms with Gasteiger partial charge >= 0.3 is 0 Å². The Hall–Kier alpha value is -1.73. The molecule has 0 amide bonds. The summed E-state index contributed by atoms with van der Waals surface area (Å²) in [5, 5.41) is 3.48. The van der Waals surface area contributed by atoms with Crippen LogP contribution in [0.3, 0.4) is 0 Å². The zero-order chi connectivity index (χ0) is 18.1. The summed E-state index contributed by atoms with van der Waals surface area (Å²) in [5.74, 6) is 0. The zero-order valence-electron chi connectivity index (χ0n) is 14.9. The predicted molar refractivity (Wildman–Crippen MR) is 105 cm³/mol. The minimum Gasteiger partial charge on any atom is -0.373 e. The Balaban J connectivity index is 1.79. The number of rotatable bonds is 10. The normalized spacial score (nSPS) is 12.1. The Labute approximate surface area is 152 Å². The Morgan fingerprint density at radius 3 is 2.56 bits per heavy atom. The van der Waals surface area contributed by atoms with Crippen molar-refractivity contribution in [2.24, 2.45) is 0 Å². The first-order valence-corrected chi connectivity index (χ1v) is 9.56. The Bertz CT molecular complexity index is 680. The lowest BCUT2D eigenvalue weighted by atomic mass is 10.0. The highest BCUT2D eigenvalue weighted by Gasteiger charge is 2.05. The van der Waals surface area contributed by atoms with Crippen LogP contribution in [0.2, 0.25) is 0 Å². The third-order valence-electron chi connectivity index (χ3n) is 4.18. The van der Waals surface area contributed by atoms with Crippen LogP contribution in [0.1, 0.15) is 16.7 Å². The van der Waals surface area contributed by atoms with Crippen LogP contribution in [0, 0.1) is 6.92 Å². The maximum atomic E-state index is 10.6. The second-order valence-electron chi connectivity index (χ2n) is 6.09. The first-order chi connectivity index (χ1) is 12.1. The first-order valence-electron chi connectivity index (χ1n) is 8.46. The molecule has 3 N–H and O–H groups in total. The average Bonchev–Trinajstić information content (AvgIpc) is 2.60. The Morgan fingerprint density at radius 2 is 1.88 bits per heavy atom. The molecule has 0 aromatic heterocycles. The van der Waals surface area contributed by atoms with E-state index in [1.54, 1.807) is 0 Å². The molecule has 0 aliphatic heterocycles. The molecule has 25 heavy (non-hydrogen) atoms. The summed E-state index contributed by atoms with van der Waals surface area (Å²) in [7, 11) is 1.98. The van der Waals surface area contributed by atoms with E-state index in [4.69, 9.17) is 4.55 Å². The third-order valence-corrected chi connectivity index (χ3v) is 4.63. The lowest BCUT2D eigenvalue weighted by Crippen LogP contribution is -2.30. The molecule has 0 saturated carbocycles. The summed E-state index contributed by atoms with van der Waals surface area (Å²) in [5.41, 5.74) is 5.02. The van der Waals surface area contributed by atoms with E-state index < -0.39 is 11.3 Å². The SMILES string of the molecule is Cc1cc(N(C)CCNS(=O)O)ccc1CCNCc1ccccc1. The van der Waals surface area contributed by atoms with Crippen LogP contribution < -0.4 is 14.9 Å². The molecule has 5 nitrogen and oxygen atoms in total. The summed E-state index contributed by atoms with van der Waals surface area (Å²) < 4.78 is 21.8. The number of nitrogens with zero attached hydrogens (tertiary/aromatic N) is 1. The second-order valence-corrected chi connectivity index (χ2v) is 6.88. The van der Waals surface area contributed by atoms with Gasteiger partial charge in [0.15, 0.2) is 0 Å². The van der Waals surface area contributed by atoms with E-state index in [0.717, 1.165) is 25.2 Å². The lowest BCUT2D eigenvalue weighted by Gasteiger charge is -2.20. The van der Waals surface area contributed by atoms with Gasteiger partial charge in [0.2, 0.25) is 11.3 Å². The van der Waals surface area contributed by atoms with E-state index in [1.807, 2.05) is 13.1 Å². The molecule has 0 aliphatic carbocycles.